The molecule has 3 aromatic carbocycles. The van der Waals surface area contributed by atoms with Crippen LogP contribution >= 0.6 is 8.58 Å². The molecule has 0 amide bonds. The third kappa shape index (κ3) is 4.96. The molecular formula is C23H23O3P. The zero-order valence-electron chi connectivity index (χ0n) is 15.8. The molecule has 0 N–H and O–H groups in total. The van der Waals surface area contributed by atoms with Crippen LogP contribution in [0, 0.1) is 6.92 Å². The largest absolute Gasteiger partial charge is 0.497 e. The van der Waals surface area contributed by atoms with Crippen LogP contribution in [0.4, 0.5) is 0 Å². The summed E-state index contributed by atoms with van der Waals surface area (Å²) in [7, 11) is 1.96. The highest BCUT2D eigenvalue weighted by Crippen LogP contribution is 2.26. The zero-order chi connectivity index (χ0) is 19.2. The van der Waals surface area contributed by atoms with E-state index in [1.165, 1.54) is 0 Å². The SMILES string of the molecule is COc1ccc(OCc2ccccc2)c(Pc2ccc(C)cc2C(C)=O)c1. The average Bonchev–Trinajstić information content (AvgIpc) is 2.69. The van der Waals surface area contributed by atoms with Gasteiger partial charge in [0.1, 0.15) is 18.1 Å². The lowest BCUT2D eigenvalue weighted by molar-refractivity contribution is 0.101. The number of benzene rings is 3. The summed E-state index contributed by atoms with van der Waals surface area (Å²) < 4.78 is 11.5. The molecule has 0 spiro atoms. The smallest absolute Gasteiger partial charge is 0.160 e. The van der Waals surface area contributed by atoms with Crippen molar-refractivity contribution < 1.29 is 14.3 Å². The molecule has 27 heavy (non-hydrogen) atoms. The number of hydrogen-bond donors (Lipinski definition) is 0. The standard InChI is InChI=1S/C23H23O3P/c1-16-9-12-22(20(13-16)17(2)24)27-23-14-19(25-3)10-11-21(23)26-15-18-7-5-4-6-8-18/h4-14,27H,15H2,1-3H3. The maximum absolute atomic E-state index is 12.1. The summed E-state index contributed by atoms with van der Waals surface area (Å²) in [5, 5.41) is 2.04. The van der Waals surface area contributed by atoms with Crippen LogP contribution in [0.15, 0.2) is 66.7 Å². The first-order valence-electron chi connectivity index (χ1n) is 8.80. The fourth-order valence-corrected chi connectivity index (χ4v) is 4.13. The zero-order valence-corrected chi connectivity index (χ0v) is 16.8. The Hall–Kier alpha value is -2.64. The number of hydrogen-bond acceptors (Lipinski definition) is 3. The van der Waals surface area contributed by atoms with Gasteiger partial charge in [0.05, 0.1) is 7.11 Å². The molecule has 0 saturated carbocycles. The number of aryl methyl sites for hydroxylation is 1. The number of ketones is 1. The highest BCUT2D eigenvalue weighted by Gasteiger charge is 2.13. The van der Waals surface area contributed by atoms with Crippen molar-refractivity contribution in [3.05, 3.63) is 83.4 Å². The van der Waals surface area contributed by atoms with Gasteiger partial charge in [-0.25, -0.2) is 0 Å². The van der Waals surface area contributed by atoms with Gasteiger partial charge in [-0.3, -0.25) is 4.79 Å². The molecule has 0 aliphatic rings. The van der Waals surface area contributed by atoms with Gasteiger partial charge in [-0.2, -0.15) is 0 Å². The molecule has 0 saturated heterocycles. The first-order chi connectivity index (χ1) is 13.1. The number of Topliss-reactive ketones (excluding diaryl/α,β-unsaturated/α-hetero) is 1. The quantitative estimate of drug-likeness (QED) is 0.451. The molecule has 138 valence electrons. The van der Waals surface area contributed by atoms with Crippen molar-refractivity contribution in [1.82, 2.24) is 0 Å². The van der Waals surface area contributed by atoms with E-state index in [4.69, 9.17) is 9.47 Å². The summed E-state index contributed by atoms with van der Waals surface area (Å²) in [6.45, 7) is 4.11. The molecule has 0 aliphatic heterocycles. The van der Waals surface area contributed by atoms with Crippen LogP contribution in [-0.4, -0.2) is 12.9 Å². The molecule has 3 nitrogen and oxygen atoms in total. The van der Waals surface area contributed by atoms with E-state index in [9.17, 15) is 4.79 Å². The molecule has 0 radical (unpaired) electrons. The van der Waals surface area contributed by atoms with E-state index in [1.807, 2.05) is 73.7 Å². The van der Waals surface area contributed by atoms with Gasteiger partial charge in [-0.15, -0.1) is 0 Å². The summed E-state index contributed by atoms with van der Waals surface area (Å²) in [4.78, 5) is 12.1. The highest BCUT2D eigenvalue weighted by atomic mass is 31.1. The highest BCUT2D eigenvalue weighted by molar-refractivity contribution is 7.56. The molecule has 0 heterocycles. The number of carbonyl (C=O) groups is 1. The number of methoxy groups -OCH3 is 1. The lowest BCUT2D eigenvalue weighted by Crippen LogP contribution is -2.14. The minimum atomic E-state index is 0.0795. The van der Waals surface area contributed by atoms with E-state index in [2.05, 4.69) is 0 Å². The van der Waals surface area contributed by atoms with Crippen molar-refractivity contribution in [2.45, 2.75) is 20.5 Å². The Balaban J connectivity index is 1.90. The molecule has 0 fully saturated rings. The molecule has 0 aliphatic carbocycles. The Kier molecular flexibility index (Phi) is 6.26. The Morgan fingerprint density at radius 3 is 2.44 bits per heavy atom. The summed E-state index contributed by atoms with van der Waals surface area (Å²) in [5.74, 6) is 1.67. The second-order valence-electron chi connectivity index (χ2n) is 6.37. The van der Waals surface area contributed by atoms with Crippen LogP contribution in [0.2, 0.25) is 0 Å². The second-order valence-corrected chi connectivity index (χ2v) is 7.69. The third-order valence-electron chi connectivity index (χ3n) is 4.25. The predicted octanol–water partition coefficient (Wildman–Crippen LogP) is 4.41. The van der Waals surface area contributed by atoms with Gasteiger partial charge in [-0.1, -0.05) is 56.6 Å². The van der Waals surface area contributed by atoms with Crippen molar-refractivity contribution in [1.29, 1.82) is 0 Å². The molecule has 0 aromatic heterocycles. The maximum atomic E-state index is 12.1. The molecule has 3 aromatic rings. The normalized spacial score (nSPS) is 10.9. The molecule has 4 heteroatoms. The van der Waals surface area contributed by atoms with Crippen LogP contribution in [0.3, 0.4) is 0 Å². The van der Waals surface area contributed by atoms with E-state index in [1.54, 1.807) is 14.0 Å². The van der Waals surface area contributed by atoms with E-state index in [0.717, 1.165) is 38.8 Å². The molecule has 1 unspecified atom stereocenters. The fourth-order valence-electron chi connectivity index (χ4n) is 2.80. The molecular weight excluding hydrogens is 355 g/mol. The van der Waals surface area contributed by atoms with Gasteiger partial charge >= 0.3 is 0 Å². The molecule has 1 atom stereocenters. The van der Waals surface area contributed by atoms with Crippen LogP contribution in [0.5, 0.6) is 11.5 Å². The van der Waals surface area contributed by atoms with E-state index in [-0.39, 0.29) is 5.78 Å². The van der Waals surface area contributed by atoms with Crippen LogP contribution < -0.4 is 20.1 Å². The third-order valence-corrected chi connectivity index (χ3v) is 5.61. The fraction of sp³-hybridized carbons (Fsp3) is 0.174. The maximum Gasteiger partial charge on any atom is 0.160 e. The van der Waals surface area contributed by atoms with Crippen molar-refractivity contribution >= 4 is 25.0 Å². The summed E-state index contributed by atoms with van der Waals surface area (Å²) >= 11 is 0. The van der Waals surface area contributed by atoms with E-state index < -0.39 is 0 Å². The first-order valence-corrected chi connectivity index (χ1v) is 9.80. The van der Waals surface area contributed by atoms with Gasteiger partial charge in [-0.05, 0) is 49.0 Å². The summed E-state index contributed by atoms with van der Waals surface area (Å²) in [6, 6.07) is 21.9. The number of rotatable bonds is 7. The lowest BCUT2D eigenvalue weighted by atomic mass is 10.1. The van der Waals surface area contributed by atoms with Gasteiger partial charge in [0, 0.05) is 10.9 Å². The molecule has 0 bridgehead atoms. The summed E-state index contributed by atoms with van der Waals surface area (Å²) in [5.41, 5.74) is 2.97. The van der Waals surface area contributed by atoms with Gasteiger partial charge in [0.25, 0.3) is 0 Å². The Morgan fingerprint density at radius 2 is 1.74 bits per heavy atom. The number of ether oxygens (including phenoxy) is 2. The second kappa shape index (κ2) is 8.83. The van der Waals surface area contributed by atoms with Crippen molar-refractivity contribution in [3.63, 3.8) is 0 Å². The molecule has 3 rings (SSSR count). The lowest BCUT2D eigenvalue weighted by Gasteiger charge is -2.15. The van der Waals surface area contributed by atoms with Crippen LogP contribution in [0.25, 0.3) is 0 Å². The van der Waals surface area contributed by atoms with E-state index in [0.29, 0.717) is 15.2 Å². The minimum Gasteiger partial charge on any atom is -0.497 e. The van der Waals surface area contributed by atoms with Crippen molar-refractivity contribution in [2.75, 3.05) is 7.11 Å². The Labute approximate surface area is 162 Å². The van der Waals surface area contributed by atoms with Crippen LogP contribution in [-0.2, 0) is 6.61 Å². The van der Waals surface area contributed by atoms with Crippen molar-refractivity contribution in [3.8, 4) is 11.5 Å². The Morgan fingerprint density at radius 1 is 0.963 bits per heavy atom. The van der Waals surface area contributed by atoms with E-state index >= 15 is 0 Å². The minimum absolute atomic E-state index is 0.0795. The van der Waals surface area contributed by atoms with Crippen LogP contribution in [0.1, 0.15) is 28.4 Å². The first kappa shape index (κ1) is 19.1. The van der Waals surface area contributed by atoms with Crippen molar-refractivity contribution in [2.24, 2.45) is 0 Å². The monoisotopic (exact) mass is 378 g/mol. The van der Waals surface area contributed by atoms with Gasteiger partial charge in [0.2, 0.25) is 0 Å². The summed E-state index contributed by atoms with van der Waals surface area (Å²) in [6.07, 6.45) is 0. The number of carbonyl (C=O) groups excluding carboxylic acids is 1. The Bertz CT molecular complexity index is 936. The van der Waals surface area contributed by atoms with Gasteiger partial charge in [0.15, 0.2) is 5.78 Å². The van der Waals surface area contributed by atoms with Gasteiger partial charge < -0.3 is 9.47 Å². The predicted molar refractivity (Wildman–Crippen MR) is 113 cm³/mol. The average molecular weight is 378 g/mol. The topological polar surface area (TPSA) is 35.5 Å².